The van der Waals surface area contributed by atoms with Gasteiger partial charge in [-0.1, -0.05) is 0 Å². The van der Waals surface area contributed by atoms with Crippen molar-refractivity contribution >= 4 is 16.7 Å². The first kappa shape index (κ1) is 8.69. The number of benzene rings is 1. The molecule has 0 aliphatic carbocycles. The number of phenols is 1. The second-order valence-electron chi connectivity index (χ2n) is 3.12. The van der Waals surface area contributed by atoms with E-state index in [0.29, 0.717) is 10.9 Å². The molecule has 0 spiro atoms. The van der Waals surface area contributed by atoms with Crippen molar-refractivity contribution in [3.05, 3.63) is 36.0 Å². The lowest BCUT2D eigenvalue weighted by atomic mass is 10.1. The third-order valence-corrected chi connectivity index (χ3v) is 2.10. The van der Waals surface area contributed by atoms with Crippen LogP contribution in [-0.2, 0) is 0 Å². The summed E-state index contributed by atoms with van der Waals surface area (Å²) in [5.74, 6) is 0.121. The first-order chi connectivity index (χ1) is 6.68. The smallest absolute Gasteiger partial charge is 0.160 e. The summed E-state index contributed by atoms with van der Waals surface area (Å²) in [6.07, 6.45) is 1.59. The van der Waals surface area contributed by atoms with Crippen molar-refractivity contribution in [1.29, 1.82) is 0 Å². The number of aromatic hydroxyl groups is 1. The van der Waals surface area contributed by atoms with Gasteiger partial charge < -0.3 is 5.11 Å². The quantitative estimate of drug-likeness (QED) is 0.696. The molecule has 0 radical (unpaired) electrons. The second-order valence-corrected chi connectivity index (χ2v) is 3.12. The monoisotopic (exact) mass is 187 g/mol. The normalized spacial score (nSPS) is 10.4. The van der Waals surface area contributed by atoms with E-state index >= 15 is 0 Å². The molecular formula is C11H9NO2. The van der Waals surface area contributed by atoms with Crippen LogP contribution in [0.3, 0.4) is 0 Å². The molecule has 70 valence electrons. The fourth-order valence-corrected chi connectivity index (χ4v) is 1.44. The number of carbonyl (C=O) groups is 1. The lowest BCUT2D eigenvalue weighted by Crippen LogP contribution is -1.94. The fourth-order valence-electron chi connectivity index (χ4n) is 1.44. The van der Waals surface area contributed by atoms with Crippen LogP contribution >= 0.6 is 0 Å². The maximum Gasteiger partial charge on any atom is 0.160 e. The van der Waals surface area contributed by atoms with E-state index < -0.39 is 0 Å². The Balaban J connectivity index is 2.84. The predicted octanol–water partition coefficient (Wildman–Crippen LogP) is 2.14. The molecule has 0 saturated heterocycles. The number of Topliss-reactive ketones (excluding diaryl/α,β-unsaturated/α-hetero) is 1. The summed E-state index contributed by atoms with van der Waals surface area (Å²) in [4.78, 5) is 15.4. The van der Waals surface area contributed by atoms with Gasteiger partial charge in [0, 0.05) is 17.1 Å². The van der Waals surface area contributed by atoms with Gasteiger partial charge in [0.1, 0.15) is 5.75 Å². The number of nitrogens with zero attached hydrogens (tertiary/aromatic N) is 1. The largest absolute Gasteiger partial charge is 0.508 e. The van der Waals surface area contributed by atoms with Crippen molar-refractivity contribution in [2.75, 3.05) is 0 Å². The van der Waals surface area contributed by atoms with E-state index in [-0.39, 0.29) is 11.5 Å². The van der Waals surface area contributed by atoms with Crippen molar-refractivity contribution < 1.29 is 9.90 Å². The molecule has 0 bridgehead atoms. The molecule has 0 atom stereocenters. The van der Waals surface area contributed by atoms with Crippen LogP contribution in [0, 0.1) is 0 Å². The van der Waals surface area contributed by atoms with Crippen LogP contribution < -0.4 is 0 Å². The SMILES string of the molecule is CC(=O)c1ccnc2ccc(O)cc12. The molecule has 0 amide bonds. The van der Waals surface area contributed by atoms with Gasteiger partial charge in [-0.2, -0.15) is 0 Å². The average Bonchev–Trinajstić information content (AvgIpc) is 2.16. The third kappa shape index (κ3) is 1.33. The zero-order chi connectivity index (χ0) is 10.1. The molecule has 3 heteroatoms. The molecule has 3 nitrogen and oxygen atoms in total. The van der Waals surface area contributed by atoms with E-state index in [2.05, 4.69) is 4.98 Å². The topological polar surface area (TPSA) is 50.2 Å². The first-order valence-electron chi connectivity index (χ1n) is 4.27. The van der Waals surface area contributed by atoms with E-state index in [9.17, 15) is 9.90 Å². The molecule has 0 unspecified atom stereocenters. The Morgan fingerprint density at radius 3 is 2.86 bits per heavy atom. The summed E-state index contributed by atoms with van der Waals surface area (Å²) in [6.45, 7) is 1.50. The summed E-state index contributed by atoms with van der Waals surface area (Å²) < 4.78 is 0. The summed E-state index contributed by atoms with van der Waals surface area (Å²) >= 11 is 0. The molecule has 14 heavy (non-hydrogen) atoms. The number of ketones is 1. The zero-order valence-electron chi connectivity index (χ0n) is 7.69. The summed E-state index contributed by atoms with van der Waals surface area (Å²) in [7, 11) is 0. The lowest BCUT2D eigenvalue weighted by Gasteiger charge is -2.02. The molecule has 1 N–H and O–H groups in total. The highest BCUT2D eigenvalue weighted by Gasteiger charge is 2.06. The van der Waals surface area contributed by atoms with E-state index in [0.717, 1.165) is 5.52 Å². The highest BCUT2D eigenvalue weighted by atomic mass is 16.3. The van der Waals surface area contributed by atoms with Crippen LogP contribution in [0.25, 0.3) is 10.9 Å². The molecule has 2 rings (SSSR count). The molecule has 1 aromatic heterocycles. The molecule has 1 aromatic carbocycles. The van der Waals surface area contributed by atoms with Crippen molar-refractivity contribution in [2.45, 2.75) is 6.92 Å². The summed E-state index contributed by atoms with van der Waals surface area (Å²) in [5, 5.41) is 9.99. The Kier molecular flexibility index (Phi) is 1.93. The Labute approximate surface area is 81.0 Å². The van der Waals surface area contributed by atoms with Gasteiger partial charge in [-0.3, -0.25) is 9.78 Å². The van der Waals surface area contributed by atoms with Gasteiger partial charge in [-0.15, -0.1) is 0 Å². The maximum atomic E-state index is 11.3. The van der Waals surface area contributed by atoms with Crippen LogP contribution in [0.1, 0.15) is 17.3 Å². The maximum absolute atomic E-state index is 11.3. The number of rotatable bonds is 1. The summed E-state index contributed by atoms with van der Waals surface area (Å²) in [6, 6.07) is 6.46. The molecule has 0 aliphatic rings. The number of phenolic OH excluding ortho intramolecular Hbond substituents is 1. The second kappa shape index (κ2) is 3.10. The minimum atomic E-state index is -0.0250. The van der Waals surface area contributed by atoms with E-state index in [1.54, 1.807) is 30.5 Å². The van der Waals surface area contributed by atoms with Crippen molar-refractivity contribution in [2.24, 2.45) is 0 Å². The van der Waals surface area contributed by atoms with Crippen LogP contribution in [-0.4, -0.2) is 15.9 Å². The fraction of sp³-hybridized carbons (Fsp3) is 0.0909. The minimum absolute atomic E-state index is 0.0250. The minimum Gasteiger partial charge on any atom is -0.508 e. The van der Waals surface area contributed by atoms with Gasteiger partial charge in [0.15, 0.2) is 5.78 Å². The highest BCUT2D eigenvalue weighted by molar-refractivity contribution is 6.06. The van der Waals surface area contributed by atoms with E-state index in [4.69, 9.17) is 0 Å². The van der Waals surface area contributed by atoms with Gasteiger partial charge in [0.2, 0.25) is 0 Å². The van der Waals surface area contributed by atoms with Crippen molar-refractivity contribution in [1.82, 2.24) is 4.98 Å². The first-order valence-corrected chi connectivity index (χ1v) is 4.27. The van der Waals surface area contributed by atoms with Crippen molar-refractivity contribution in [3.63, 3.8) is 0 Å². The third-order valence-electron chi connectivity index (χ3n) is 2.10. The Bertz CT molecular complexity index is 506. The lowest BCUT2D eigenvalue weighted by molar-refractivity contribution is 0.101. The number of fused-ring (bicyclic) bond motifs is 1. The van der Waals surface area contributed by atoms with Gasteiger partial charge in [0.05, 0.1) is 5.52 Å². The molecule has 2 aromatic rings. The summed E-state index contributed by atoms with van der Waals surface area (Å²) in [5.41, 5.74) is 1.31. The van der Waals surface area contributed by atoms with Gasteiger partial charge in [0.25, 0.3) is 0 Å². The molecular weight excluding hydrogens is 178 g/mol. The highest BCUT2D eigenvalue weighted by Crippen LogP contribution is 2.21. The number of carbonyl (C=O) groups excluding carboxylic acids is 1. The molecule has 1 heterocycles. The van der Waals surface area contributed by atoms with Gasteiger partial charge in [-0.25, -0.2) is 0 Å². The van der Waals surface area contributed by atoms with Crippen LogP contribution in [0.5, 0.6) is 5.75 Å². The van der Waals surface area contributed by atoms with Crippen molar-refractivity contribution in [3.8, 4) is 5.75 Å². The van der Waals surface area contributed by atoms with Crippen LogP contribution in [0.4, 0.5) is 0 Å². The molecule has 0 fully saturated rings. The van der Waals surface area contributed by atoms with Crippen LogP contribution in [0.15, 0.2) is 30.5 Å². The zero-order valence-corrected chi connectivity index (χ0v) is 7.69. The van der Waals surface area contributed by atoms with E-state index in [1.165, 1.54) is 6.92 Å². The van der Waals surface area contributed by atoms with Crippen LogP contribution in [0.2, 0.25) is 0 Å². The predicted molar refractivity (Wildman–Crippen MR) is 53.4 cm³/mol. The van der Waals surface area contributed by atoms with E-state index in [1.807, 2.05) is 0 Å². The number of pyridine rings is 1. The number of aromatic nitrogens is 1. The average molecular weight is 187 g/mol. The molecule has 0 aliphatic heterocycles. The number of hydrogen-bond donors (Lipinski definition) is 1. The molecule has 0 saturated carbocycles. The number of hydrogen-bond acceptors (Lipinski definition) is 3. The Morgan fingerprint density at radius 2 is 2.14 bits per heavy atom. The Morgan fingerprint density at radius 1 is 1.36 bits per heavy atom. The van der Waals surface area contributed by atoms with Gasteiger partial charge >= 0.3 is 0 Å². The van der Waals surface area contributed by atoms with Gasteiger partial charge in [-0.05, 0) is 31.2 Å². The Hall–Kier alpha value is -1.90. The standard InChI is InChI=1S/C11H9NO2/c1-7(13)9-4-5-12-11-3-2-8(14)6-10(9)11/h2-6,14H,1H3.